The van der Waals surface area contributed by atoms with E-state index in [1.165, 1.54) is 13.4 Å². The highest BCUT2D eigenvalue weighted by Gasteiger charge is 2.15. The van der Waals surface area contributed by atoms with Crippen LogP contribution in [0.15, 0.2) is 41.0 Å². The minimum Gasteiger partial charge on any atom is -0.463 e. The molecule has 2 heterocycles. The number of ether oxygens (including phenoxy) is 1. The van der Waals surface area contributed by atoms with E-state index < -0.39 is 5.97 Å². The second-order valence-corrected chi connectivity index (χ2v) is 4.57. The molecule has 0 fully saturated rings. The van der Waals surface area contributed by atoms with Crippen molar-refractivity contribution in [3.05, 3.63) is 53.7 Å². The molecule has 0 aliphatic heterocycles. The van der Waals surface area contributed by atoms with E-state index in [1.807, 2.05) is 24.3 Å². The van der Waals surface area contributed by atoms with Crippen LogP contribution in [0.4, 0.5) is 0 Å². The monoisotopic (exact) mass is 285 g/mol. The zero-order valence-electron chi connectivity index (χ0n) is 11.6. The molecule has 0 saturated heterocycles. The number of H-pyrrole nitrogens is 1. The largest absolute Gasteiger partial charge is 0.463 e. The van der Waals surface area contributed by atoms with Gasteiger partial charge in [-0.15, -0.1) is 0 Å². The zero-order valence-corrected chi connectivity index (χ0v) is 11.6. The van der Waals surface area contributed by atoms with Crippen LogP contribution in [0.25, 0.3) is 11.0 Å². The number of imidazole rings is 1. The van der Waals surface area contributed by atoms with Gasteiger partial charge in [0.05, 0.1) is 31.0 Å². The van der Waals surface area contributed by atoms with Gasteiger partial charge in [-0.1, -0.05) is 12.1 Å². The number of fused-ring (bicyclic) bond motifs is 1. The van der Waals surface area contributed by atoms with Crippen LogP contribution in [-0.2, 0) is 17.8 Å². The predicted octanol–water partition coefficient (Wildman–Crippen LogP) is 2.23. The molecular formula is C15H15N3O3. The van der Waals surface area contributed by atoms with E-state index in [1.54, 1.807) is 6.07 Å². The van der Waals surface area contributed by atoms with E-state index in [0.717, 1.165) is 22.4 Å². The molecule has 0 spiro atoms. The number of furan rings is 1. The number of rotatable bonds is 5. The van der Waals surface area contributed by atoms with E-state index in [9.17, 15) is 4.79 Å². The quantitative estimate of drug-likeness (QED) is 0.703. The lowest BCUT2D eigenvalue weighted by molar-refractivity contribution is 0.0563. The Bertz CT molecular complexity index is 727. The number of hydrogen-bond acceptors (Lipinski definition) is 5. The normalized spacial score (nSPS) is 10.9. The summed E-state index contributed by atoms with van der Waals surface area (Å²) in [5.41, 5.74) is 2.71. The van der Waals surface area contributed by atoms with Crippen LogP contribution in [0.2, 0.25) is 0 Å². The molecule has 0 atom stereocenters. The molecule has 0 bridgehead atoms. The minimum absolute atomic E-state index is 0.231. The van der Waals surface area contributed by atoms with Crippen molar-refractivity contribution in [1.82, 2.24) is 15.3 Å². The lowest BCUT2D eigenvalue weighted by Crippen LogP contribution is -2.15. The number of aromatic amines is 1. The van der Waals surface area contributed by atoms with Gasteiger partial charge in [-0.2, -0.15) is 0 Å². The van der Waals surface area contributed by atoms with Crippen molar-refractivity contribution in [2.24, 2.45) is 0 Å². The average molecular weight is 285 g/mol. The van der Waals surface area contributed by atoms with Gasteiger partial charge in [-0.25, -0.2) is 9.78 Å². The number of aromatic nitrogens is 2. The van der Waals surface area contributed by atoms with Crippen LogP contribution < -0.4 is 5.32 Å². The number of nitrogens with one attached hydrogen (secondary N) is 2. The standard InChI is InChI=1S/C15H15N3O3/c1-20-15(19)14-10(6-7-21-14)8-16-9-13-17-11-4-2-3-5-12(11)18-13/h2-7,16H,8-9H2,1H3,(H,17,18). The third-order valence-electron chi connectivity index (χ3n) is 3.16. The van der Waals surface area contributed by atoms with Gasteiger partial charge in [0.25, 0.3) is 0 Å². The maximum Gasteiger partial charge on any atom is 0.374 e. The molecule has 0 amide bonds. The number of para-hydroxylation sites is 2. The minimum atomic E-state index is -0.472. The average Bonchev–Trinajstić information content (AvgIpc) is 3.12. The van der Waals surface area contributed by atoms with Crippen molar-refractivity contribution in [2.45, 2.75) is 13.1 Å². The van der Waals surface area contributed by atoms with Crippen molar-refractivity contribution < 1.29 is 13.9 Å². The molecule has 0 aliphatic carbocycles. The molecule has 6 heteroatoms. The maximum atomic E-state index is 11.5. The molecule has 2 aromatic heterocycles. The number of nitrogens with zero attached hydrogens (tertiary/aromatic N) is 1. The topological polar surface area (TPSA) is 80.2 Å². The summed E-state index contributed by atoms with van der Waals surface area (Å²) in [7, 11) is 1.33. The molecule has 3 aromatic rings. The van der Waals surface area contributed by atoms with Crippen molar-refractivity contribution in [3.63, 3.8) is 0 Å². The first-order chi connectivity index (χ1) is 10.3. The molecule has 3 rings (SSSR count). The molecule has 0 unspecified atom stereocenters. The molecular weight excluding hydrogens is 270 g/mol. The van der Waals surface area contributed by atoms with Gasteiger partial charge in [-0.3, -0.25) is 0 Å². The van der Waals surface area contributed by atoms with Crippen molar-refractivity contribution in [3.8, 4) is 0 Å². The van der Waals surface area contributed by atoms with Crippen LogP contribution >= 0.6 is 0 Å². The first-order valence-corrected chi connectivity index (χ1v) is 6.57. The van der Waals surface area contributed by atoms with Gasteiger partial charge in [0.1, 0.15) is 5.82 Å². The maximum absolute atomic E-state index is 11.5. The number of methoxy groups -OCH3 is 1. The highest BCUT2D eigenvalue weighted by atomic mass is 16.5. The lowest BCUT2D eigenvalue weighted by Gasteiger charge is -2.02. The van der Waals surface area contributed by atoms with Gasteiger partial charge in [-0.05, 0) is 18.2 Å². The summed E-state index contributed by atoms with van der Waals surface area (Å²) >= 11 is 0. The Morgan fingerprint density at radius 1 is 1.33 bits per heavy atom. The molecule has 108 valence electrons. The Hall–Kier alpha value is -2.60. The first-order valence-electron chi connectivity index (χ1n) is 6.57. The van der Waals surface area contributed by atoms with Gasteiger partial charge < -0.3 is 19.5 Å². The van der Waals surface area contributed by atoms with E-state index in [0.29, 0.717) is 13.1 Å². The molecule has 1 aromatic carbocycles. The second-order valence-electron chi connectivity index (χ2n) is 4.57. The first kappa shape index (κ1) is 13.4. The lowest BCUT2D eigenvalue weighted by atomic mass is 10.2. The smallest absolute Gasteiger partial charge is 0.374 e. The molecule has 2 N–H and O–H groups in total. The van der Waals surface area contributed by atoms with E-state index in [2.05, 4.69) is 20.0 Å². The summed E-state index contributed by atoms with van der Waals surface area (Å²) in [5, 5.41) is 3.22. The highest BCUT2D eigenvalue weighted by molar-refractivity contribution is 5.87. The predicted molar refractivity (Wildman–Crippen MR) is 76.7 cm³/mol. The molecule has 0 aliphatic rings. The zero-order chi connectivity index (χ0) is 14.7. The third kappa shape index (κ3) is 2.80. The second kappa shape index (κ2) is 5.80. The molecule has 21 heavy (non-hydrogen) atoms. The summed E-state index contributed by atoms with van der Waals surface area (Å²) in [6.45, 7) is 1.07. The van der Waals surface area contributed by atoms with Crippen molar-refractivity contribution >= 4 is 17.0 Å². The number of carbonyl (C=O) groups is 1. The summed E-state index contributed by atoms with van der Waals surface area (Å²) in [6.07, 6.45) is 1.48. The Morgan fingerprint density at radius 3 is 3.00 bits per heavy atom. The summed E-state index contributed by atoms with van der Waals surface area (Å²) in [5.74, 6) is 0.606. The summed E-state index contributed by atoms with van der Waals surface area (Å²) in [6, 6.07) is 9.61. The molecule has 6 nitrogen and oxygen atoms in total. The number of benzene rings is 1. The fraction of sp³-hybridized carbons (Fsp3) is 0.200. The van der Waals surface area contributed by atoms with Crippen LogP contribution in [0.1, 0.15) is 21.9 Å². The van der Waals surface area contributed by atoms with Gasteiger partial charge in [0.15, 0.2) is 0 Å². The van der Waals surface area contributed by atoms with E-state index >= 15 is 0 Å². The fourth-order valence-corrected chi connectivity index (χ4v) is 2.15. The number of carbonyl (C=O) groups excluding carboxylic acids is 1. The molecule has 0 saturated carbocycles. The SMILES string of the molecule is COC(=O)c1occc1CNCc1nc2ccccc2[nH]1. The Labute approximate surface area is 121 Å². The van der Waals surface area contributed by atoms with Crippen LogP contribution in [0.5, 0.6) is 0 Å². The van der Waals surface area contributed by atoms with E-state index in [4.69, 9.17) is 4.42 Å². The highest BCUT2D eigenvalue weighted by Crippen LogP contribution is 2.13. The third-order valence-corrected chi connectivity index (χ3v) is 3.16. The van der Waals surface area contributed by atoms with Crippen molar-refractivity contribution in [2.75, 3.05) is 7.11 Å². The Balaban J connectivity index is 1.63. The van der Waals surface area contributed by atoms with Crippen molar-refractivity contribution in [1.29, 1.82) is 0 Å². The molecule has 0 radical (unpaired) electrons. The van der Waals surface area contributed by atoms with Crippen LogP contribution in [0, 0.1) is 0 Å². The fourth-order valence-electron chi connectivity index (χ4n) is 2.15. The Kier molecular flexibility index (Phi) is 3.70. The Morgan fingerprint density at radius 2 is 2.19 bits per heavy atom. The van der Waals surface area contributed by atoms with Crippen LogP contribution in [0.3, 0.4) is 0 Å². The van der Waals surface area contributed by atoms with E-state index in [-0.39, 0.29) is 5.76 Å². The van der Waals surface area contributed by atoms with Gasteiger partial charge in [0.2, 0.25) is 5.76 Å². The number of esters is 1. The summed E-state index contributed by atoms with van der Waals surface area (Å²) in [4.78, 5) is 19.2. The van der Waals surface area contributed by atoms with Gasteiger partial charge >= 0.3 is 5.97 Å². The number of hydrogen-bond donors (Lipinski definition) is 2. The van der Waals surface area contributed by atoms with Gasteiger partial charge in [0, 0.05) is 12.1 Å². The van der Waals surface area contributed by atoms with Crippen LogP contribution in [-0.4, -0.2) is 23.0 Å². The summed E-state index contributed by atoms with van der Waals surface area (Å²) < 4.78 is 9.79.